The highest BCUT2D eigenvalue weighted by atomic mass is 16.6. The van der Waals surface area contributed by atoms with Crippen molar-refractivity contribution in [1.82, 2.24) is 15.1 Å². The molecule has 2 saturated heterocycles. The van der Waals surface area contributed by atoms with Crippen molar-refractivity contribution in [2.45, 2.75) is 44.7 Å². The van der Waals surface area contributed by atoms with Crippen LogP contribution >= 0.6 is 0 Å². The van der Waals surface area contributed by atoms with Crippen LogP contribution in [0.15, 0.2) is 27.8 Å². The second-order valence-corrected chi connectivity index (χ2v) is 7.10. The molecular formula is C19H31N5O3. The minimum absolute atomic E-state index is 0.133. The van der Waals surface area contributed by atoms with Gasteiger partial charge in [0, 0.05) is 19.1 Å². The molecule has 1 unspecified atom stereocenters. The summed E-state index contributed by atoms with van der Waals surface area (Å²) < 4.78 is 10.7. The molecule has 3 heterocycles. The van der Waals surface area contributed by atoms with Crippen LogP contribution in [0.1, 0.15) is 44.4 Å². The van der Waals surface area contributed by atoms with E-state index in [1.54, 1.807) is 11.2 Å². The lowest BCUT2D eigenvalue weighted by Gasteiger charge is -2.32. The summed E-state index contributed by atoms with van der Waals surface area (Å²) in [4.78, 5) is 20.5. The number of ether oxygens (including phenoxy) is 1. The first kappa shape index (κ1) is 19.5. The van der Waals surface area contributed by atoms with Gasteiger partial charge in [-0.25, -0.2) is 4.79 Å². The normalized spacial score (nSPS) is 20.6. The summed E-state index contributed by atoms with van der Waals surface area (Å²) >= 11 is 0. The predicted molar refractivity (Wildman–Crippen MR) is 103 cm³/mol. The summed E-state index contributed by atoms with van der Waals surface area (Å²) in [5.74, 6) is 1.40. The molecule has 2 aliphatic rings. The monoisotopic (exact) mass is 377 g/mol. The lowest BCUT2D eigenvalue weighted by Crippen LogP contribution is -2.48. The summed E-state index contributed by atoms with van der Waals surface area (Å²) in [7, 11) is 0. The van der Waals surface area contributed by atoms with Gasteiger partial charge in [0.25, 0.3) is 0 Å². The van der Waals surface area contributed by atoms with E-state index in [1.807, 2.05) is 19.1 Å². The topological polar surface area (TPSA) is 96.3 Å². The number of nitrogens with two attached hydrogens (primary N) is 1. The van der Waals surface area contributed by atoms with Crippen molar-refractivity contribution < 1.29 is 13.9 Å². The molecule has 3 rings (SSSR count). The number of nitrogens with zero attached hydrogens (tertiary/aromatic N) is 3. The number of carbonyl (C=O) groups excluding carboxylic acids is 1. The Kier molecular flexibility index (Phi) is 6.98. The Bertz CT molecular complexity index is 605. The van der Waals surface area contributed by atoms with Crippen molar-refractivity contribution >= 4 is 12.1 Å². The number of aliphatic imine (C=N–C) groups is 1. The Morgan fingerprint density at radius 3 is 2.74 bits per heavy atom. The summed E-state index contributed by atoms with van der Waals surface area (Å²) in [6.07, 6.45) is 5.58. The zero-order chi connectivity index (χ0) is 19.1. The van der Waals surface area contributed by atoms with Crippen molar-refractivity contribution in [3.63, 3.8) is 0 Å². The van der Waals surface area contributed by atoms with Gasteiger partial charge < -0.3 is 25.1 Å². The Balaban J connectivity index is 1.49. The fourth-order valence-electron chi connectivity index (χ4n) is 3.78. The smallest absolute Gasteiger partial charge is 0.409 e. The van der Waals surface area contributed by atoms with Crippen LogP contribution in [0.2, 0.25) is 0 Å². The molecule has 0 bridgehead atoms. The average Bonchev–Trinajstić information content (AvgIpc) is 3.37. The highest BCUT2D eigenvalue weighted by molar-refractivity contribution is 5.78. The van der Waals surface area contributed by atoms with Crippen LogP contribution in [-0.2, 0) is 4.74 Å². The number of guanidine groups is 1. The number of amides is 1. The van der Waals surface area contributed by atoms with Crippen LogP contribution in [-0.4, -0.2) is 67.2 Å². The molecular weight excluding hydrogens is 346 g/mol. The van der Waals surface area contributed by atoms with E-state index < -0.39 is 0 Å². The van der Waals surface area contributed by atoms with E-state index in [-0.39, 0.29) is 18.2 Å². The van der Waals surface area contributed by atoms with E-state index in [1.165, 1.54) is 12.8 Å². The third kappa shape index (κ3) is 5.38. The first-order valence-electron chi connectivity index (χ1n) is 9.93. The first-order valence-corrected chi connectivity index (χ1v) is 9.93. The summed E-state index contributed by atoms with van der Waals surface area (Å²) in [5.41, 5.74) is 6.13. The molecule has 2 aliphatic heterocycles. The molecule has 1 aromatic heterocycles. The molecule has 0 spiro atoms. The zero-order valence-electron chi connectivity index (χ0n) is 16.1. The molecule has 0 aromatic carbocycles. The maximum atomic E-state index is 11.8. The van der Waals surface area contributed by atoms with Crippen LogP contribution in [0.5, 0.6) is 0 Å². The molecule has 1 aromatic rings. The van der Waals surface area contributed by atoms with Crippen LogP contribution in [0.4, 0.5) is 4.79 Å². The average molecular weight is 377 g/mol. The number of hydrogen-bond donors (Lipinski definition) is 2. The highest BCUT2D eigenvalue weighted by Crippen LogP contribution is 2.25. The minimum atomic E-state index is -0.232. The lowest BCUT2D eigenvalue weighted by atomic mass is 10.1. The van der Waals surface area contributed by atoms with E-state index in [0.717, 1.165) is 31.7 Å². The fraction of sp³-hybridized carbons (Fsp3) is 0.684. The Morgan fingerprint density at radius 2 is 2.11 bits per heavy atom. The summed E-state index contributed by atoms with van der Waals surface area (Å²) in [6.45, 7) is 6.29. The molecule has 27 heavy (non-hydrogen) atoms. The predicted octanol–water partition coefficient (Wildman–Crippen LogP) is 1.94. The molecule has 0 saturated carbocycles. The van der Waals surface area contributed by atoms with Crippen LogP contribution in [0.25, 0.3) is 0 Å². The zero-order valence-corrected chi connectivity index (χ0v) is 16.1. The van der Waals surface area contributed by atoms with E-state index in [0.29, 0.717) is 32.2 Å². The van der Waals surface area contributed by atoms with Crippen molar-refractivity contribution in [2.24, 2.45) is 10.7 Å². The van der Waals surface area contributed by atoms with Gasteiger partial charge in [0.1, 0.15) is 5.76 Å². The highest BCUT2D eigenvalue weighted by Gasteiger charge is 2.26. The molecule has 3 N–H and O–H groups in total. The molecule has 8 heteroatoms. The summed E-state index contributed by atoms with van der Waals surface area (Å²) in [6, 6.07) is 4.29. The number of hydrogen-bond acceptors (Lipinski definition) is 5. The van der Waals surface area contributed by atoms with Gasteiger partial charge in [-0.15, -0.1) is 0 Å². The largest absolute Gasteiger partial charge is 0.468 e. The van der Waals surface area contributed by atoms with Crippen LogP contribution < -0.4 is 11.1 Å². The van der Waals surface area contributed by atoms with Crippen LogP contribution in [0, 0.1) is 0 Å². The second kappa shape index (κ2) is 9.64. The maximum Gasteiger partial charge on any atom is 0.409 e. The van der Waals surface area contributed by atoms with Gasteiger partial charge in [0.15, 0.2) is 5.96 Å². The van der Waals surface area contributed by atoms with Gasteiger partial charge in [-0.05, 0) is 57.8 Å². The number of furan rings is 1. The summed E-state index contributed by atoms with van der Waals surface area (Å²) in [5, 5.41) is 3.30. The Morgan fingerprint density at radius 1 is 1.37 bits per heavy atom. The first-order chi connectivity index (χ1) is 13.2. The van der Waals surface area contributed by atoms with Crippen LogP contribution in [0.3, 0.4) is 0 Å². The van der Waals surface area contributed by atoms with Crippen molar-refractivity contribution in [3.8, 4) is 0 Å². The molecule has 0 radical (unpaired) electrons. The van der Waals surface area contributed by atoms with E-state index in [2.05, 4.69) is 15.2 Å². The molecule has 2 fully saturated rings. The third-order valence-corrected chi connectivity index (χ3v) is 5.26. The van der Waals surface area contributed by atoms with Gasteiger partial charge in [-0.3, -0.25) is 9.89 Å². The van der Waals surface area contributed by atoms with Crippen molar-refractivity contribution in [2.75, 3.05) is 39.3 Å². The third-order valence-electron chi connectivity index (χ3n) is 5.26. The standard InChI is InChI=1S/C19H31N5O3/c1-2-26-19(25)24-11-7-15(8-12-24)22-18(20)21-14-16(17-6-5-13-27-17)23-9-3-4-10-23/h5-6,13,15-16H,2-4,7-12,14H2,1H3,(H3,20,21,22). The van der Waals surface area contributed by atoms with E-state index in [4.69, 9.17) is 14.9 Å². The number of likely N-dealkylation sites (tertiary alicyclic amines) is 2. The maximum absolute atomic E-state index is 11.8. The SMILES string of the molecule is CCOC(=O)N1CCC(NC(N)=NCC(c2ccco2)N2CCCC2)CC1. The molecule has 150 valence electrons. The minimum Gasteiger partial charge on any atom is -0.468 e. The number of nitrogens with one attached hydrogen (secondary N) is 1. The van der Waals surface area contributed by atoms with Gasteiger partial charge in [0.05, 0.1) is 25.5 Å². The molecule has 0 aliphatic carbocycles. The van der Waals surface area contributed by atoms with Gasteiger partial charge in [-0.2, -0.15) is 0 Å². The fourth-order valence-corrected chi connectivity index (χ4v) is 3.78. The van der Waals surface area contributed by atoms with E-state index in [9.17, 15) is 4.79 Å². The molecule has 8 nitrogen and oxygen atoms in total. The van der Waals surface area contributed by atoms with Gasteiger partial charge >= 0.3 is 6.09 Å². The number of piperidine rings is 1. The van der Waals surface area contributed by atoms with Crippen molar-refractivity contribution in [3.05, 3.63) is 24.2 Å². The Hall–Kier alpha value is -2.22. The van der Waals surface area contributed by atoms with Gasteiger partial charge in [-0.1, -0.05) is 0 Å². The lowest BCUT2D eigenvalue weighted by molar-refractivity contribution is 0.0963. The number of rotatable bonds is 6. The van der Waals surface area contributed by atoms with Gasteiger partial charge in [0.2, 0.25) is 0 Å². The Labute approximate surface area is 160 Å². The quantitative estimate of drug-likeness (QED) is 0.581. The number of carbonyl (C=O) groups is 1. The van der Waals surface area contributed by atoms with E-state index >= 15 is 0 Å². The molecule has 1 amide bonds. The molecule has 1 atom stereocenters. The van der Waals surface area contributed by atoms with Crippen molar-refractivity contribution in [1.29, 1.82) is 0 Å². The second-order valence-electron chi connectivity index (χ2n) is 7.10.